The molecular weight excluding hydrogens is 311 g/mol. The van der Waals surface area contributed by atoms with Gasteiger partial charge in [0.25, 0.3) is 5.91 Å². The molecule has 1 atom stereocenters. The zero-order valence-corrected chi connectivity index (χ0v) is 12.1. The van der Waals surface area contributed by atoms with E-state index in [1.807, 2.05) is 0 Å². The highest BCUT2D eigenvalue weighted by molar-refractivity contribution is 5.87. The quantitative estimate of drug-likeness (QED) is 0.730. The van der Waals surface area contributed by atoms with Crippen LogP contribution in [0.5, 0.6) is 0 Å². The SMILES string of the molecule is C=CCN(CC(F)(F)F)C(=O)CC1=C2C=CC=CC2C(=O)N=N1. The van der Waals surface area contributed by atoms with Gasteiger partial charge in [-0.15, -0.1) is 11.7 Å². The van der Waals surface area contributed by atoms with Crippen LogP contribution in [-0.2, 0) is 9.59 Å². The number of carbonyl (C=O) groups excluding carboxylic acids is 2. The van der Waals surface area contributed by atoms with E-state index in [9.17, 15) is 22.8 Å². The van der Waals surface area contributed by atoms with Crippen LogP contribution < -0.4 is 0 Å². The van der Waals surface area contributed by atoms with E-state index >= 15 is 0 Å². The largest absolute Gasteiger partial charge is 0.406 e. The second kappa shape index (κ2) is 6.72. The normalized spacial score (nSPS) is 19.8. The van der Waals surface area contributed by atoms with E-state index < -0.39 is 30.5 Å². The van der Waals surface area contributed by atoms with Gasteiger partial charge < -0.3 is 4.90 Å². The monoisotopic (exact) mass is 325 g/mol. The molecule has 0 aromatic heterocycles. The Labute approximate surface area is 130 Å². The summed E-state index contributed by atoms with van der Waals surface area (Å²) in [6, 6.07) is 0. The van der Waals surface area contributed by atoms with Crippen molar-refractivity contribution in [1.82, 2.24) is 4.90 Å². The second-order valence-corrected chi connectivity index (χ2v) is 5.02. The fraction of sp³-hybridized carbons (Fsp3) is 0.333. The summed E-state index contributed by atoms with van der Waals surface area (Å²) in [5, 5.41) is 7.15. The number of halogens is 3. The number of amides is 2. The molecule has 122 valence electrons. The van der Waals surface area contributed by atoms with Crippen LogP contribution in [0.25, 0.3) is 0 Å². The summed E-state index contributed by atoms with van der Waals surface area (Å²) < 4.78 is 37.6. The molecule has 0 bridgehead atoms. The zero-order chi connectivity index (χ0) is 17.0. The molecular formula is C15H14F3N3O2. The third-order valence-electron chi connectivity index (χ3n) is 3.29. The minimum atomic E-state index is -4.50. The Morgan fingerprint density at radius 1 is 1.35 bits per heavy atom. The fourth-order valence-corrected chi connectivity index (χ4v) is 2.28. The van der Waals surface area contributed by atoms with Crippen LogP contribution in [-0.4, -0.2) is 36.0 Å². The molecule has 1 aliphatic carbocycles. The van der Waals surface area contributed by atoms with E-state index in [0.717, 1.165) is 0 Å². The first kappa shape index (κ1) is 16.9. The lowest BCUT2D eigenvalue weighted by Crippen LogP contribution is -2.39. The van der Waals surface area contributed by atoms with Crippen LogP contribution in [0.2, 0.25) is 0 Å². The van der Waals surface area contributed by atoms with Crippen molar-refractivity contribution < 1.29 is 22.8 Å². The molecule has 0 aromatic rings. The minimum Gasteiger partial charge on any atom is -0.330 e. The molecule has 2 amide bonds. The van der Waals surface area contributed by atoms with Gasteiger partial charge in [0, 0.05) is 6.54 Å². The number of nitrogens with zero attached hydrogens (tertiary/aromatic N) is 3. The summed E-state index contributed by atoms with van der Waals surface area (Å²) >= 11 is 0. The van der Waals surface area contributed by atoms with Crippen molar-refractivity contribution in [2.24, 2.45) is 16.1 Å². The van der Waals surface area contributed by atoms with Gasteiger partial charge in [-0.2, -0.15) is 18.3 Å². The van der Waals surface area contributed by atoms with E-state index in [2.05, 4.69) is 16.8 Å². The lowest BCUT2D eigenvalue weighted by Gasteiger charge is -2.24. The number of carbonyl (C=O) groups is 2. The number of azo groups is 1. The number of fused-ring (bicyclic) bond motifs is 1. The maximum absolute atomic E-state index is 12.5. The third kappa shape index (κ3) is 4.24. The number of hydrogen-bond acceptors (Lipinski definition) is 3. The van der Waals surface area contributed by atoms with Gasteiger partial charge in [0.15, 0.2) is 0 Å². The first-order valence-corrected chi connectivity index (χ1v) is 6.80. The maximum atomic E-state index is 12.5. The van der Waals surface area contributed by atoms with E-state index in [0.29, 0.717) is 10.5 Å². The standard InChI is InChI=1S/C15H14F3N3O2/c1-2-7-21(9-15(16,17)18)13(22)8-12-10-5-3-4-6-11(10)14(23)20-19-12/h2-6,11H,1,7-9H2. The highest BCUT2D eigenvalue weighted by Gasteiger charge is 2.34. The molecule has 0 aromatic carbocycles. The molecule has 8 heteroatoms. The van der Waals surface area contributed by atoms with Crippen molar-refractivity contribution in [1.29, 1.82) is 0 Å². The van der Waals surface area contributed by atoms with Gasteiger partial charge in [-0.25, -0.2) is 0 Å². The zero-order valence-electron chi connectivity index (χ0n) is 12.1. The van der Waals surface area contributed by atoms with E-state index in [4.69, 9.17) is 0 Å². The van der Waals surface area contributed by atoms with Crippen LogP contribution in [0.4, 0.5) is 13.2 Å². The molecule has 0 radical (unpaired) electrons. The van der Waals surface area contributed by atoms with Crippen molar-refractivity contribution in [2.45, 2.75) is 12.6 Å². The number of alkyl halides is 3. The summed E-state index contributed by atoms with van der Waals surface area (Å²) in [5.41, 5.74) is 0.697. The average Bonchev–Trinajstić information content (AvgIpc) is 2.48. The Bertz CT molecular complexity index is 645. The smallest absolute Gasteiger partial charge is 0.330 e. The summed E-state index contributed by atoms with van der Waals surface area (Å²) in [7, 11) is 0. The fourth-order valence-electron chi connectivity index (χ4n) is 2.28. The van der Waals surface area contributed by atoms with E-state index in [-0.39, 0.29) is 18.7 Å². The lowest BCUT2D eigenvalue weighted by molar-refractivity contribution is -0.159. The molecule has 0 spiro atoms. The third-order valence-corrected chi connectivity index (χ3v) is 3.29. The second-order valence-electron chi connectivity index (χ2n) is 5.02. The minimum absolute atomic E-state index is 0.205. The van der Waals surface area contributed by atoms with Gasteiger partial charge in [-0.05, 0) is 5.57 Å². The number of allylic oxidation sites excluding steroid dienone is 3. The Kier molecular flexibility index (Phi) is 4.92. The molecule has 0 N–H and O–H groups in total. The Morgan fingerprint density at radius 2 is 2.09 bits per heavy atom. The summed E-state index contributed by atoms with van der Waals surface area (Å²) in [4.78, 5) is 24.4. The molecule has 0 fully saturated rings. The number of hydrogen-bond donors (Lipinski definition) is 0. The molecule has 1 heterocycles. The first-order chi connectivity index (χ1) is 10.8. The van der Waals surface area contributed by atoms with Gasteiger partial charge in [-0.1, -0.05) is 30.4 Å². The molecule has 1 aliphatic heterocycles. The van der Waals surface area contributed by atoms with E-state index in [1.54, 1.807) is 24.3 Å². The Hall–Kier alpha value is -2.51. The highest BCUT2D eigenvalue weighted by Crippen LogP contribution is 2.30. The summed E-state index contributed by atoms with van der Waals surface area (Å²) in [5.74, 6) is -1.84. The van der Waals surface area contributed by atoms with Crippen LogP contribution >= 0.6 is 0 Å². The van der Waals surface area contributed by atoms with Crippen LogP contribution in [0.15, 0.2) is 58.5 Å². The van der Waals surface area contributed by atoms with Crippen LogP contribution in [0.1, 0.15) is 6.42 Å². The van der Waals surface area contributed by atoms with Gasteiger partial charge in [0.1, 0.15) is 6.54 Å². The molecule has 23 heavy (non-hydrogen) atoms. The molecule has 0 saturated carbocycles. The Morgan fingerprint density at radius 3 is 2.74 bits per heavy atom. The van der Waals surface area contributed by atoms with Gasteiger partial charge >= 0.3 is 6.18 Å². The molecule has 5 nitrogen and oxygen atoms in total. The lowest BCUT2D eigenvalue weighted by atomic mass is 9.90. The van der Waals surface area contributed by atoms with Crippen molar-refractivity contribution in [3.8, 4) is 0 Å². The van der Waals surface area contributed by atoms with Crippen LogP contribution in [0, 0.1) is 5.92 Å². The van der Waals surface area contributed by atoms with Gasteiger partial charge in [-0.3, -0.25) is 9.59 Å². The summed E-state index contributed by atoms with van der Waals surface area (Å²) in [6.07, 6.45) is 2.92. The summed E-state index contributed by atoms with van der Waals surface area (Å²) in [6.45, 7) is 1.76. The predicted octanol–water partition coefficient (Wildman–Crippen LogP) is 2.94. The molecule has 1 unspecified atom stereocenters. The van der Waals surface area contributed by atoms with Crippen molar-refractivity contribution in [2.75, 3.05) is 13.1 Å². The van der Waals surface area contributed by atoms with Crippen molar-refractivity contribution >= 4 is 11.8 Å². The maximum Gasteiger partial charge on any atom is 0.406 e. The molecule has 0 saturated heterocycles. The van der Waals surface area contributed by atoms with Crippen LogP contribution in [0.3, 0.4) is 0 Å². The van der Waals surface area contributed by atoms with Gasteiger partial charge in [0.2, 0.25) is 5.91 Å². The van der Waals surface area contributed by atoms with E-state index in [1.165, 1.54) is 6.08 Å². The van der Waals surface area contributed by atoms with Gasteiger partial charge in [0.05, 0.1) is 18.0 Å². The molecule has 2 aliphatic rings. The average molecular weight is 325 g/mol. The number of rotatable bonds is 5. The molecule has 2 rings (SSSR count). The van der Waals surface area contributed by atoms with Crippen molar-refractivity contribution in [3.63, 3.8) is 0 Å². The first-order valence-electron chi connectivity index (χ1n) is 6.80. The predicted molar refractivity (Wildman–Crippen MR) is 76.1 cm³/mol. The highest BCUT2D eigenvalue weighted by atomic mass is 19.4. The topological polar surface area (TPSA) is 62.1 Å². The van der Waals surface area contributed by atoms with Crippen molar-refractivity contribution in [3.05, 3.63) is 48.2 Å². The Balaban J connectivity index is 2.19.